The van der Waals surface area contributed by atoms with Crippen LogP contribution in [-0.2, 0) is 0 Å². The van der Waals surface area contributed by atoms with Gasteiger partial charge in [-0.15, -0.1) is 0 Å². The number of benzene rings is 1. The van der Waals surface area contributed by atoms with Gasteiger partial charge in [0.05, 0.1) is 5.69 Å². The average Bonchev–Trinajstić information content (AvgIpc) is 3.01. The van der Waals surface area contributed by atoms with Crippen LogP contribution in [0.1, 0.15) is 42.2 Å². The second-order valence-corrected chi connectivity index (χ2v) is 6.33. The summed E-state index contributed by atoms with van der Waals surface area (Å²) < 4.78 is 1.03. The fraction of sp³-hybridized carbons (Fsp3) is 0.312. The van der Waals surface area contributed by atoms with E-state index in [4.69, 9.17) is 0 Å². The maximum atomic E-state index is 4.49. The molecule has 0 spiro atoms. The first-order valence-corrected chi connectivity index (χ1v) is 7.36. The number of nitrogens with zero attached hydrogens (tertiary/aromatic N) is 1. The van der Waals surface area contributed by atoms with E-state index in [1.165, 1.54) is 24.8 Å². The van der Waals surface area contributed by atoms with Gasteiger partial charge in [-0.1, -0.05) is 12.1 Å². The van der Waals surface area contributed by atoms with Crippen molar-refractivity contribution in [2.45, 2.75) is 31.1 Å². The Morgan fingerprint density at radius 2 is 1.83 bits per heavy atom. The van der Waals surface area contributed by atoms with Crippen molar-refractivity contribution in [2.24, 2.45) is 0 Å². The Labute approximate surface area is 115 Å². The minimum absolute atomic E-state index is 0.820. The first kappa shape index (κ1) is 10.7. The second-order valence-electron chi connectivity index (χ2n) is 5.41. The topological polar surface area (TPSA) is 12.9 Å². The minimum atomic E-state index is 0.820. The van der Waals surface area contributed by atoms with Crippen molar-refractivity contribution >= 4 is 15.9 Å². The van der Waals surface area contributed by atoms with E-state index in [-0.39, 0.29) is 0 Å². The molecule has 1 aromatic heterocycles. The number of fused-ring (bicyclic) bond motifs is 5. The molecular weight excluding hydrogens is 286 g/mol. The van der Waals surface area contributed by atoms with Crippen molar-refractivity contribution in [3.05, 3.63) is 52.1 Å². The van der Waals surface area contributed by atoms with Crippen molar-refractivity contribution in [2.75, 3.05) is 0 Å². The van der Waals surface area contributed by atoms with E-state index < -0.39 is 0 Å². The molecule has 2 aliphatic rings. The zero-order valence-electron chi connectivity index (χ0n) is 10.1. The van der Waals surface area contributed by atoms with E-state index in [2.05, 4.69) is 51.2 Å². The van der Waals surface area contributed by atoms with Crippen molar-refractivity contribution in [3.63, 3.8) is 0 Å². The van der Waals surface area contributed by atoms with Gasteiger partial charge >= 0.3 is 0 Å². The molecule has 1 saturated carbocycles. The van der Waals surface area contributed by atoms with Crippen LogP contribution in [0.25, 0.3) is 11.3 Å². The molecule has 18 heavy (non-hydrogen) atoms. The largest absolute Gasteiger partial charge is 0.255 e. The lowest BCUT2D eigenvalue weighted by Gasteiger charge is -2.15. The molecule has 1 heterocycles. The lowest BCUT2D eigenvalue weighted by Crippen LogP contribution is -1.98. The highest BCUT2D eigenvalue weighted by atomic mass is 79.9. The van der Waals surface area contributed by atoms with Crippen LogP contribution in [0.5, 0.6) is 0 Å². The summed E-state index contributed by atoms with van der Waals surface area (Å²) >= 11 is 3.43. The Morgan fingerprint density at radius 1 is 1.00 bits per heavy atom. The highest BCUT2D eigenvalue weighted by Crippen LogP contribution is 2.53. The lowest BCUT2D eigenvalue weighted by atomic mass is 9.90. The van der Waals surface area contributed by atoms with Crippen LogP contribution >= 0.6 is 15.9 Å². The van der Waals surface area contributed by atoms with Crippen molar-refractivity contribution < 1.29 is 0 Å². The van der Waals surface area contributed by atoms with Gasteiger partial charge in [-0.3, -0.25) is 4.98 Å². The molecule has 0 N–H and O–H groups in total. The molecule has 2 aromatic rings. The fourth-order valence-electron chi connectivity index (χ4n) is 3.55. The molecule has 0 aliphatic heterocycles. The molecule has 0 radical (unpaired) electrons. The minimum Gasteiger partial charge on any atom is -0.255 e. The molecule has 90 valence electrons. The summed E-state index contributed by atoms with van der Waals surface area (Å²) in [6.07, 6.45) is 6.03. The molecule has 1 nitrogen and oxygen atoms in total. The highest BCUT2D eigenvalue weighted by Gasteiger charge is 2.36. The van der Waals surface area contributed by atoms with Gasteiger partial charge in [-0.25, -0.2) is 0 Å². The third-order valence-corrected chi connectivity index (χ3v) is 4.89. The van der Waals surface area contributed by atoms with E-state index in [0.717, 1.165) is 22.0 Å². The Hall–Kier alpha value is -1.15. The Kier molecular flexibility index (Phi) is 2.34. The van der Waals surface area contributed by atoms with Gasteiger partial charge in [0.15, 0.2) is 0 Å². The zero-order valence-corrected chi connectivity index (χ0v) is 11.7. The monoisotopic (exact) mass is 299 g/mol. The molecule has 0 saturated heterocycles. The number of rotatable bonds is 1. The van der Waals surface area contributed by atoms with Crippen LogP contribution in [0.2, 0.25) is 0 Å². The van der Waals surface area contributed by atoms with Crippen LogP contribution in [0.15, 0.2) is 41.0 Å². The molecule has 2 unspecified atom stereocenters. The molecule has 1 fully saturated rings. The average molecular weight is 300 g/mol. The van der Waals surface area contributed by atoms with Crippen LogP contribution in [0.3, 0.4) is 0 Å². The van der Waals surface area contributed by atoms with Gasteiger partial charge in [0, 0.05) is 16.2 Å². The standard InChI is InChI=1S/C16H14BrN/c17-13-4-6-16(18-9-13)12-3-5-14-10-1-2-11(7-10)15(14)8-12/h3-6,8-11H,1-2,7H2. The summed E-state index contributed by atoms with van der Waals surface area (Å²) in [6, 6.07) is 11.1. The van der Waals surface area contributed by atoms with Crippen molar-refractivity contribution in [1.82, 2.24) is 4.98 Å². The summed E-state index contributed by atoms with van der Waals surface area (Å²) in [5.74, 6) is 1.66. The molecule has 1 aromatic carbocycles. The fourth-order valence-corrected chi connectivity index (χ4v) is 3.79. The van der Waals surface area contributed by atoms with E-state index in [9.17, 15) is 0 Å². The lowest BCUT2D eigenvalue weighted by molar-refractivity contribution is 0.717. The van der Waals surface area contributed by atoms with Gasteiger partial charge in [0.25, 0.3) is 0 Å². The van der Waals surface area contributed by atoms with E-state index in [1.807, 2.05) is 6.20 Å². The molecular formula is C16H14BrN. The van der Waals surface area contributed by atoms with E-state index in [1.54, 1.807) is 11.1 Å². The maximum absolute atomic E-state index is 4.49. The number of hydrogen-bond donors (Lipinski definition) is 0. The number of pyridine rings is 1. The summed E-state index contributed by atoms with van der Waals surface area (Å²) in [4.78, 5) is 4.49. The summed E-state index contributed by atoms with van der Waals surface area (Å²) in [6.45, 7) is 0. The summed E-state index contributed by atoms with van der Waals surface area (Å²) in [5, 5.41) is 0. The molecule has 0 amide bonds. The first-order chi connectivity index (χ1) is 8.81. The third kappa shape index (κ3) is 1.55. The van der Waals surface area contributed by atoms with Crippen molar-refractivity contribution in [1.29, 1.82) is 0 Å². The SMILES string of the molecule is Brc1ccc(-c2ccc3c(c2)C2CCC3C2)nc1. The molecule has 2 aliphatic carbocycles. The van der Waals surface area contributed by atoms with E-state index in [0.29, 0.717) is 0 Å². The van der Waals surface area contributed by atoms with Crippen LogP contribution in [0.4, 0.5) is 0 Å². The quantitative estimate of drug-likeness (QED) is 0.731. The zero-order chi connectivity index (χ0) is 12.1. The predicted octanol–water partition coefficient (Wildman–Crippen LogP) is 4.88. The molecule has 2 heteroatoms. The third-order valence-electron chi connectivity index (χ3n) is 4.42. The number of hydrogen-bond acceptors (Lipinski definition) is 1. The van der Waals surface area contributed by atoms with Gasteiger partial charge < -0.3 is 0 Å². The van der Waals surface area contributed by atoms with Gasteiger partial charge in [0.2, 0.25) is 0 Å². The number of aromatic nitrogens is 1. The highest BCUT2D eigenvalue weighted by molar-refractivity contribution is 9.10. The Balaban J connectivity index is 1.80. The van der Waals surface area contributed by atoms with Crippen LogP contribution in [0, 0.1) is 0 Å². The second kappa shape index (κ2) is 3.92. The predicted molar refractivity (Wildman–Crippen MR) is 76.7 cm³/mol. The number of halogens is 1. The maximum Gasteiger partial charge on any atom is 0.0702 e. The van der Waals surface area contributed by atoms with Crippen LogP contribution in [-0.4, -0.2) is 4.98 Å². The van der Waals surface area contributed by atoms with E-state index >= 15 is 0 Å². The Morgan fingerprint density at radius 3 is 2.61 bits per heavy atom. The molecule has 2 atom stereocenters. The first-order valence-electron chi connectivity index (χ1n) is 6.57. The van der Waals surface area contributed by atoms with Crippen LogP contribution < -0.4 is 0 Å². The Bertz CT molecular complexity index is 603. The summed E-state index contributed by atoms with van der Waals surface area (Å²) in [5.41, 5.74) is 5.53. The normalized spacial score (nSPS) is 24.3. The van der Waals surface area contributed by atoms with Gasteiger partial charge in [-0.05, 0) is 76.4 Å². The molecule has 2 bridgehead atoms. The summed E-state index contributed by atoms with van der Waals surface area (Å²) in [7, 11) is 0. The van der Waals surface area contributed by atoms with Crippen molar-refractivity contribution in [3.8, 4) is 11.3 Å². The van der Waals surface area contributed by atoms with Gasteiger partial charge in [0.1, 0.15) is 0 Å². The van der Waals surface area contributed by atoms with Gasteiger partial charge in [-0.2, -0.15) is 0 Å². The smallest absolute Gasteiger partial charge is 0.0702 e. The molecule has 4 rings (SSSR count).